The zero-order chi connectivity index (χ0) is 15.6. The maximum absolute atomic E-state index is 13.6. The molecule has 1 aromatic heterocycles. The number of carbonyl (C=O) groups excluding carboxylic acids is 1. The van der Waals surface area contributed by atoms with Crippen LogP contribution in [0.15, 0.2) is 41.3 Å². The van der Waals surface area contributed by atoms with E-state index in [1.54, 1.807) is 19.1 Å². The highest BCUT2D eigenvalue weighted by atomic mass is 19.1. The van der Waals surface area contributed by atoms with Gasteiger partial charge in [-0.1, -0.05) is 12.1 Å². The van der Waals surface area contributed by atoms with E-state index in [1.165, 1.54) is 23.9 Å². The van der Waals surface area contributed by atoms with Crippen molar-refractivity contribution in [3.05, 3.63) is 64.1 Å². The maximum Gasteiger partial charge on any atom is 0.253 e. The number of nitrogens with zero attached hydrogens (tertiary/aromatic N) is 2. The summed E-state index contributed by atoms with van der Waals surface area (Å²) in [5.74, 6) is -2.25. The molecule has 0 fully saturated rings. The van der Waals surface area contributed by atoms with Crippen molar-refractivity contribution >= 4 is 11.6 Å². The third-order valence-electron chi connectivity index (χ3n) is 3.16. The van der Waals surface area contributed by atoms with E-state index < -0.39 is 23.2 Å². The summed E-state index contributed by atoms with van der Waals surface area (Å²) >= 11 is 0. The molecule has 0 atom stereocenters. The maximum atomic E-state index is 13.6. The fraction of sp³-hybridized carbons (Fsp3) is 0.200. The summed E-state index contributed by atoms with van der Waals surface area (Å²) in [6, 6.07) is 6.62. The quantitative estimate of drug-likeness (QED) is 0.869. The molecule has 0 unspecified atom stereocenters. The van der Waals surface area contributed by atoms with E-state index in [2.05, 4.69) is 0 Å². The van der Waals surface area contributed by atoms with Gasteiger partial charge in [0.15, 0.2) is 0 Å². The molecule has 0 N–H and O–H groups in total. The zero-order valence-electron chi connectivity index (χ0n) is 11.6. The molecule has 1 aromatic carbocycles. The number of anilines is 1. The minimum atomic E-state index is -0.831. The molecule has 0 saturated heterocycles. The highest BCUT2D eigenvalue weighted by Crippen LogP contribution is 2.22. The predicted molar refractivity (Wildman–Crippen MR) is 75.2 cm³/mol. The molecular weight excluding hydrogens is 278 g/mol. The van der Waals surface area contributed by atoms with E-state index in [1.807, 2.05) is 0 Å². The molecule has 0 radical (unpaired) electrons. The Bertz CT molecular complexity index is 720. The lowest BCUT2D eigenvalue weighted by molar-refractivity contribution is -0.119. The summed E-state index contributed by atoms with van der Waals surface area (Å²) in [6.07, 6.45) is 1.46. The molecule has 21 heavy (non-hydrogen) atoms. The Morgan fingerprint density at radius 2 is 1.81 bits per heavy atom. The fourth-order valence-electron chi connectivity index (χ4n) is 1.97. The second-order valence-electron chi connectivity index (χ2n) is 4.65. The number of pyridine rings is 1. The van der Waals surface area contributed by atoms with Crippen LogP contribution in [0.25, 0.3) is 0 Å². The third kappa shape index (κ3) is 2.99. The summed E-state index contributed by atoms with van der Waals surface area (Å²) in [7, 11) is 1.27. The molecule has 0 aliphatic carbocycles. The van der Waals surface area contributed by atoms with Crippen LogP contribution in [0.1, 0.15) is 5.56 Å². The zero-order valence-corrected chi connectivity index (χ0v) is 11.6. The van der Waals surface area contributed by atoms with Crippen molar-refractivity contribution in [1.29, 1.82) is 0 Å². The minimum absolute atomic E-state index is 0.287. The molecule has 0 saturated carbocycles. The predicted octanol–water partition coefficient (Wildman–Crippen LogP) is 2.10. The molecule has 2 rings (SSSR count). The van der Waals surface area contributed by atoms with Gasteiger partial charge in [0.2, 0.25) is 5.91 Å². The largest absolute Gasteiger partial charge is 0.309 e. The summed E-state index contributed by atoms with van der Waals surface area (Å²) < 4.78 is 28.5. The Labute approximate surface area is 120 Å². The van der Waals surface area contributed by atoms with E-state index in [0.29, 0.717) is 5.56 Å². The van der Waals surface area contributed by atoms with Crippen LogP contribution < -0.4 is 10.5 Å². The SMILES string of the molecule is Cc1cccn(CC(=O)N(C)c2c(F)cccc2F)c1=O. The standard InChI is InChI=1S/C15H14F2N2O2/c1-10-5-4-8-19(15(10)21)9-13(20)18(2)14-11(16)6-3-7-12(14)17/h3-8H,9H2,1-2H3. The lowest BCUT2D eigenvalue weighted by Crippen LogP contribution is -2.35. The molecule has 110 valence electrons. The van der Waals surface area contributed by atoms with Crippen molar-refractivity contribution in [2.45, 2.75) is 13.5 Å². The summed E-state index contributed by atoms with van der Waals surface area (Å²) in [5.41, 5.74) is -0.249. The van der Waals surface area contributed by atoms with Gasteiger partial charge in [-0.15, -0.1) is 0 Å². The number of para-hydroxylation sites is 1. The van der Waals surface area contributed by atoms with Crippen molar-refractivity contribution in [2.24, 2.45) is 0 Å². The van der Waals surface area contributed by atoms with Gasteiger partial charge in [-0.2, -0.15) is 0 Å². The molecule has 4 nitrogen and oxygen atoms in total. The Balaban J connectivity index is 2.28. The van der Waals surface area contributed by atoms with Crippen molar-refractivity contribution in [3.63, 3.8) is 0 Å². The second kappa shape index (κ2) is 5.87. The molecule has 6 heteroatoms. The van der Waals surface area contributed by atoms with E-state index >= 15 is 0 Å². The normalized spacial score (nSPS) is 10.5. The average Bonchev–Trinajstić information content (AvgIpc) is 2.43. The lowest BCUT2D eigenvalue weighted by atomic mass is 10.2. The first kappa shape index (κ1) is 14.9. The monoisotopic (exact) mass is 292 g/mol. The molecule has 0 spiro atoms. The number of aryl methyl sites for hydroxylation is 1. The van der Waals surface area contributed by atoms with E-state index in [4.69, 9.17) is 0 Å². The summed E-state index contributed by atoms with van der Waals surface area (Å²) in [5, 5.41) is 0. The van der Waals surface area contributed by atoms with E-state index in [0.717, 1.165) is 17.0 Å². The second-order valence-corrected chi connectivity index (χ2v) is 4.65. The van der Waals surface area contributed by atoms with Crippen LogP contribution in [0.5, 0.6) is 0 Å². The average molecular weight is 292 g/mol. The van der Waals surface area contributed by atoms with Gasteiger partial charge in [0.25, 0.3) is 5.56 Å². The molecule has 0 aliphatic rings. The van der Waals surface area contributed by atoms with Crippen molar-refractivity contribution in [2.75, 3.05) is 11.9 Å². The Hall–Kier alpha value is -2.50. The number of likely N-dealkylation sites (N-methyl/N-ethyl adjacent to an activating group) is 1. The topological polar surface area (TPSA) is 42.3 Å². The first-order chi connectivity index (χ1) is 9.91. The molecule has 1 heterocycles. The van der Waals surface area contributed by atoms with Gasteiger partial charge in [0, 0.05) is 18.8 Å². The Morgan fingerprint density at radius 3 is 2.43 bits per heavy atom. The number of rotatable bonds is 3. The molecular formula is C15H14F2N2O2. The Kier molecular flexibility index (Phi) is 4.16. The van der Waals surface area contributed by atoms with Gasteiger partial charge in [-0.3, -0.25) is 9.59 Å². The van der Waals surface area contributed by atoms with Crippen molar-refractivity contribution in [1.82, 2.24) is 4.57 Å². The van der Waals surface area contributed by atoms with Crippen molar-refractivity contribution in [3.8, 4) is 0 Å². The summed E-state index contributed by atoms with van der Waals surface area (Å²) in [6.45, 7) is 1.34. The number of amides is 1. The number of halogens is 2. The van der Waals surface area contributed by atoms with E-state index in [-0.39, 0.29) is 12.1 Å². The highest BCUT2D eigenvalue weighted by molar-refractivity contribution is 5.92. The fourth-order valence-corrected chi connectivity index (χ4v) is 1.97. The Morgan fingerprint density at radius 1 is 1.19 bits per heavy atom. The van der Waals surface area contributed by atoms with Gasteiger partial charge in [-0.25, -0.2) is 8.78 Å². The number of carbonyl (C=O) groups is 1. The number of hydrogen-bond acceptors (Lipinski definition) is 2. The lowest BCUT2D eigenvalue weighted by Gasteiger charge is -2.19. The summed E-state index contributed by atoms with van der Waals surface area (Å²) in [4.78, 5) is 24.8. The first-order valence-electron chi connectivity index (χ1n) is 6.28. The van der Waals surface area contributed by atoms with Gasteiger partial charge in [-0.05, 0) is 25.1 Å². The van der Waals surface area contributed by atoms with Crippen LogP contribution in [-0.2, 0) is 11.3 Å². The minimum Gasteiger partial charge on any atom is -0.309 e. The van der Waals surface area contributed by atoms with Crippen LogP contribution in [0.3, 0.4) is 0 Å². The molecule has 2 aromatic rings. The number of hydrogen-bond donors (Lipinski definition) is 0. The van der Waals surface area contributed by atoms with Gasteiger partial charge < -0.3 is 9.47 Å². The highest BCUT2D eigenvalue weighted by Gasteiger charge is 2.19. The number of benzene rings is 1. The molecule has 0 bridgehead atoms. The smallest absolute Gasteiger partial charge is 0.253 e. The number of aromatic nitrogens is 1. The van der Waals surface area contributed by atoms with Gasteiger partial charge >= 0.3 is 0 Å². The van der Waals surface area contributed by atoms with Gasteiger partial charge in [0.05, 0.1) is 0 Å². The van der Waals surface area contributed by atoms with Crippen LogP contribution in [0.2, 0.25) is 0 Å². The molecule has 0 aliphatic heterocycles. The first-order valence-corrected chi connectivity index (χ1v) is 6.28. The molecule has 1 amide bonds. The van der Waals surface area contributed by atoms with Crippen LogP contribution in [0, 0.1) is 18.6 Å². The van der Waals surface area contributed by atoms with Crippen LogP contribution >= 0.6 is 0 Å². The van der Waals surface area contributed by atoms with E-state index in [9.17, 15) is 18.4 Å². The third-order valence-corrected chi connectivity index (χ3v) is 3.16. The van der Waals surface area contributed by atoms with Crippen molar-refractivity contribution < 1.29 is 13.6 Å². The van der Waals surface area contributed by atoms with Crippen LogP contribution in [-0.4, -0.2) is 17.5 Å². The van der Waals surface area contributed by atoms with Gasteiger partial charge in [0.1, 0.15) is 23.9 Å². The van der Waals surface area contributed by atoms with Crippen LogP contribution in [0.4, 0.5) is 14.5 Å².